The lowest BCUT2D eigenvalue weighted by atomic mass is 9.91. The molecule has 10 heteroatoms. The summed E-state index contributed by atoms with van der Waals surface area (Å²) in [6.45, 7) is 10.5. The molecular weight excluding hydrogens is 538 g/mol. The highest BCUT2D eigenvalue weighted by Gasteiger charge is 2.31. The number of nitrogens with zero attached hydrogens (tertiary/aromatic N) is 2. The van der Waals surface area contributed by atoms with Gasteiger partial charge in [0.25, 0.3) is 0 Å². The van der Waals surface area contributed by atoms with Crippen LogP contribution in [0.4, 0.5) is 4.79 Å². The molecule has 0 saturated carbocycles. The zero-order chi connectivity index (χ0) is 30.5. The van der Waals surface area contributed by atoms with E-state index in [4.69, 9.17) is 14.2 Å². The van der Waals surface area contributed by atoms with E-state index in [1.165, 1.54) is 0 Å². The Balaban J connectivity index is 1.40. The van der Waals surface area contributed by atoms with Crippen LogP contribution in [-0.2, 0) is 35.2 Å². The Morgan fingerprint density at radius 1 is 1.00 bits per heavy atom. The van der Waals surface area contributed by atoms with Crippen LogP contribution in [0.5, 0.6) is 0 Å². The molecule has 0 aromatic heterocycles. The molecule has 2 fully saturated rings. The fraction of sp³-hybridized carbons (Fsp3) is 0.688. The number of esters is 1. The zero-order valence-corrected chi connectivity index (χ0v) is 25.8. The second-order valence-electron chi connectivity index (χ2n) is 12.3. The molecule has 1 unspecified atom stereocenters. The van der Waals surface area contributed by atoms with E-state index in [2.05, 4.69) is 5.32 Å². The molecular formula is C32H49N3O7. The first-order valence-electron chi connectivity index (χ1n) is 15.4. The van der Waals surface area contributed by atoms with Gasteiger partial charge in [-0.25, -0.2) is 4.79 Å². The highest BCUT2D eigenvalue weighted by Crippen LogP contribution is 2.25. The maximum absolute atomic E-state index is 13.0. The SMILES string of the molecule is CCOC(=O)C(CNC(=O)[C@@H]1CCCN(C(=O)CCC2CCN(C(=O)OC(C)(C)C)CC2)C1)COCc1ccccc1. The molecule has 3 rings (SSSR count). The van der Waals surface area contributed by atoms with Gasteiger partial charge in [0.1, 0.15) is 5.60 Å². The average Bonchev–Trinajstić information content (AvgIpc) is 2.97. The molecule has 1 aromatic carbocycles. The van der Waals surface area contributed by atoms with Crippen LogP contribution in [-0.4, -0.2) is 85.2 Å². The van der Waals surface area contributed by atoms with Gasteiger partial charge in [-0.3, -0.25) is 14.4 Å². The standard InChI is InChI=1S/C32H49N3O7/c1-5-41-30(38)27(23-40-22-25-10-7-6-8-11-25)20-33-29(37)26-12-9-17-35(21-26)28(36)14-13-24-15-18-34(19-16-24)31(39)42-32(2,3)4/h6-8,10-11,24,26-27H,5,9,12-23H2,1-4H3,(H,33,37)/t26-,27?/m1/s1. The van der Waals surface area contributed by atoms with Crippen molar-refractivity contribution >= 4 is 23.9 Å². The summed E-state index contributed by atoms with van der Waals surface area (Å²) in [5.41, 5.74) is 0.491. The summed E-state index contributed by atoms with van der Waals surface area (Å²) in [5, 5.41) is 2.91. The van der Waals surface area contributed by atoms with E-state index in [9.17, 15) is 19.2 Å². The first-order valence-corrected chi connectivity index (χ1v) is 15.4. The molecule has 42 heavy (non-hydrogen) atoms. The van der Waals surface area contributed by atoms with Gasteiger partial charge in [-0.1, -0.05) is 30.3 Å². The molecule has 2 aliphatic heterocycles. The molecule has 2 aliphatic rings. The van der Waals surface area contributed by atoms with Crippen molar-refractivity contribution in [3.8, 4) is 0 Å². The number of nitrogens with one attached hydrogen (secondary N) is 1. The largest absolute Gasteiger partial charge is 0.466 e. The maximum atomic E-state index is 13.0. The Morgan fingerprint density at radius 3 is 2.38 bits per heavy atom. The van der Waals surface area contributed by atoms with E-state index in [1.807, 2.05) is 51.1 Å². The summed E-state index contributed by atoms with van der Waals surface area (Å²) in [6, 6.07) is 9.69. The number of carbonyl (C=O) groups is 4. The fourth-order valence-electron chi connectivity index (χ4n) is 5.37. The Kier molecular flexibility index (Phi) is 13.1. The number of hydrogen-bond acceptors (Lipinski definition) is 7. The van der Waals surface area contributed by atoms with E-state index >= 15 is 0 Å². The van der Waals surface area contributed by atoms with Gasteiger partial charge < -0.3 is 29.3 Å². The summed E-state index contributed by atoms with van der Waals surface area (Å²) in [7, 11) is 0. The van der Waals surface area contributed by atoms with Gasteiger partial charge >= 0.3 is 12.1 Å². The molecule has 2 heterocycles. The smallest absolute Gasteiger partial charge is 0.410 e. The van der Waals surface area contributed by atoms with Gasteiger partial charge in [-0.15, -0.1) is 0 Å². The Labute approximate surface area is 250 Å². The first kappa shape index (κ1) is 33.4. The lowest BCUT2D eigenvalue weighted by Gasteiger charge is -2.34. The van der Waals surface area contributed by atoms with E-state index in [-0.39, 0.29) is 43.6 Å². The van der Waals surface area contributed by atoms with Crippen molar-refractivity contribution in [2.24, 2.45) is 17.8 Å². The quantitative estimate of drug-likeness (QED) is 0.365. The molecule has 1 aromatic rings. The molecule has 0 spiro atoms. The third kappa shape index (κ3) is 11.3. The van der Waals surface area contributed by atoms with Crippen LogP contribution >= 0.6 is 0 Å². The number of hydrogen-bond donors (Lipinski definition) is 1. The van der Waals surface area contributed by atoms with Crippen molar-refractivity contribution < 1.29 is 33.4 Å². The number of amides is 3. The molecule has 0 aliphatic carbocycles. The van der Waals surface area contributed by atoms with Crippen molar-refractivity contribution in [2.75, 3.05) is 45.9 Å². The van der Waals surface area contributed by atoms with Crippen LogP contribution in [0.25, 0.3) is 0 Å². The van der Waals surface area contributed by atoms with E-state index < -0.39 is 17.5 Å². The van der Waals surface area contributed by atoms with Crippen LogP contribution in [0, 0.1) is 17.8 Å². The molecule has 3 amide bonds. The summed E-state index contributed by atoms with van der Waals surface area (Å²) >= 11 is 0. The van der Waals surface area contributed by atoms with Crippen molar-refractivity contribution in [3.63, 3.8) is 0 Å². The zero-order valence-electron chi connectivity index (χ0n) is 25.8. The molecule has 10 nitrogen and oxygen atoms in total. The van der Waals surface area contributed by atoms with E-state index in [0.29, 0.717) is 51.5 Å². The van der Waals surface area contributed by atoms with Crippen molar-refractivity contribution in [2.45, 2.75) is 78.4 Å². The molecule has 0 radical (unpaired) electrons. The minimum Gasteiger partial charge on any atom is -0.466 e. The fourth-order valence-corrected chi connectivity index (χ4v) is 5.37. The molecule has 2 atom stereocenters. The predicted molar refractivity (Wildman–Crippen MR) is 158 cm³/mol. The minimum atomic E-state index is -0.610. The molecule has 234 valence electrons. The third-order valence-electron chi connectivity index (χ3n) is 7.75. The lowest BCUT2D eigenvalue weighted by Crippen LogP contribution is -2.47. The van der Waals surface area contributed by atoms with Crippen LogP contribution in [0.15, 0.2) is 30.3 Å². The van der Waals surface area contributed by atoms with E-state index in [0.717, 1.165) is 31.2 Å². The average molecular weight is 588 g/mol. The minimum absolute atomic E-state index is 0.0702. The third-order valence-corrected chi connectivity index (χ3v) is 7.75. The summed E-state index contributed by atoms with van der Waals surface area (Å²) in [5.74, 6) is -1.02. The van der Waals surface area contributed by atoms with Gasteiger partial charge in [0.05, 0.1) is 31.7 Å². The van der Waals surface area contributed by atoms with Gasteiger partial charge in [0.2, 0.25) is 11.8 Å². The van der Waals surface area contributed by atoms with Gasteiger partial charge in [-0.2, -0.15) is 0 Å². The number of ether oxygens (including phenoxy) is 3. The number of carbonyl (C=O) groups excluding carboxylic acids is 4. The number of likely N-dealkylation sites (tertiary alicyclic amines) is 2. The highest BCUT2D eigenvalue weighted by atomic mass is 16.6. The second kappa shape index (κ2) is 16.5. The Morgan fingerprint density at radius 2 is 1.71 bits per heavy atom. The predicted octanol–water partition coefficient (Wildman–Crippen LogP) is 4.16. The number of rotatable bonds is 12. The second-order valence-corrected chi connectivity index (χ2v) is 12.3. The van der Waals surface area contributed by atoms with Crippen molar-refractivity contribution in [1.82, 2.24) is 15.1 Å². The van der Waals surface area contributed by atoms with E-state index in [1.54, 1.807) is 16.7 Å². The van der Waals surface area contributed by atoms with Gasteiger partial charge in [0, 0.05) is 39.1 Å². The maximum Gasteiger partial charge on any atom is 0.410 e. The first-order chi connectivity index (χ1) is 20.1. The van der Waals surface area contributed by atoms with Crippen LogP contribution in [0.1, 0.15) is 71.8 Å². The summed E-state index contributed by atoms with van der Waals surface area (Å²) in [6.07, 6.45) is 4.12. The monoisotopic (exact) mass is 587 g/mol. The topological polar surface area (TPSA) is 114 Å². The Bertz CT molecular complexity index is 1020. The Hall–Kier alpha value is -3.14. The molecule has 0 bridgehead atoms. The number of piperidine rings is 2. The van der Waals surface area contributed by atoms with Crippen LogP contribution in [0.2, 0.25) is 0 Å². The molecule has 1 N–H and O–H groups in total. The summed E-state index contributed by atoms with van der Waals surface area (Å²) in [4.78, 5) is 54.4. The van der Waals surface area contributed by atoms with Crippen molar-refractivity contribution in [3.05, 3.63) is 35.9 Å². The molecule has 2 saturated heterocycles. The highest BCUT2D eigenvalue weighted by molar-refractivity contribution is 5.82. The van der Waals surface area contributed by atoms with Crippen molar-refractivity contribution in [1.29, 1.82) is 0 Å². The lowest BCUT2D eigenvalue weighted by molar-refractivity contribution is -0.150. The van der Waals surface area contributed by atoms with Gasteiger partial charge in [0.15, 0.2) is 0 Å². The van der Waals surface area contributed by atoms with Crippen LogP contribution < -0.4 is 5.32 Å². The van der Waals surface area contributed by atoms with Gasteiger partial charge in [-0.05, 0) is 71.3 Å². The van der Waals surface area contributed by atoms with Crippen LogP contribution in [0.3, 0.4) is 0 Å². The normalized spacial score (nSPS) is 18.7. The number of benzene rings is 1. The summed E-state index contributed by atoms with van der Waals surface area (Å²) < 4.78 is 16.4.